The second kappa shape index (κ2) is 5.77. The third-order valence-electron chi connectivity index (χ3n) is 5.28. The molecule has 1 aromatic rings. The number of hydrogen-bond donors (Lipinski definition) is 1. The van der Waals surface area contributed by atoms with Crippen LogP contribution in [0, 0.1) is 11.8 Å². The minimum Gasteiger partial charge on any atom is -0.497 e. The highest BCUT2D eigenvalue weighted by Gasteiger charge is 2.39. The van der Waals surface area contributed by atoms with E-state index >= 15 is 0 Å². The van der Waals surface area contributed by atoms with Crippen LogP contribution in [0.15, 0.2) is 24.3 Å². The van der Waals surface area contributed by atoms with Gasteiger partial charge >= 0.3 is 0 Å². The molecule has 20 heavy (non-hydrogen) atoms. The average molecular weight is 273 g/mol. The van der Waals surface area contributed by atoms with E-state index in [0.717, 1.165) is 30.4 Å². The van der Waals surface area contributed by atoms with Crippen molar-refractivity contribution in [2.45, 2.75) is 56.9 Å². The van der Waals surface area contributed by atoms with Gasteiger partial charge in [0.1, 0.15) is 5.75 Å². The SMILES string of the molecule is COc1ccc(CCC2(N)CCCC(C3CC3)C2)cc1. The number of methoxy groups -OCH3 is 1. The Morgan fingerprint density at radius 1 is 1.15 bits per heavy atom. The molecule has 2 saturated carbocycles. The van der Waals surface area contributed by atoms with Crippen LogP contribution in [0.1, 0.15) is 50.5 Å². The van der Waals surface area contributed by atoms with E-state index in [9.17, 15) is 0 Å². The van der Waals surface area contributed by atoms with Crippen molar-refractivity contribution in [3.8, 4) is 5.75 Å². The van der Waals surface area contributed by atoms with Crippen molar-refractivity contribution in [2.24, 2.45) is 17.6 Å². The fourth-order valence-corrected chi connectivity index (χ4v) is 3.83. The van der Waals surface area contributed by atoms with E-state index < -0.39 is 0 Å². The maximum Gasteiger partial charge on any atom is 0.118 e. The van der Waals surface area contributed by atoms with Crippen LogP contribution < -0.4 is 10.5 Å². The molecular weight excluding hydrogens is 246 g/mol. The monoisotopic (exact) mass is 273 g/mol. The van der Waals surface area contributed by atoms with E-state index in [-0.39, 0.29) is 5.54 Å². The van der Waals surface area contributed by atoms with Crippen LogP contribution in [-0.2, 0) is 6.42 Å². The highest BCUT2D eigenvalue weighted by atomic mass is 16.5. The number of ether oxygens (including phenoxy) is 1. The normalized spacial score (nSPS) is 30.2. The lowest BCUT2D eigenvalue weighted by molar-refractivity contribution is 0.195. The summed E-state index contributed by atoms with van der Waals surface area (Å²) in [6.07, 6.45) is 10.4. The predicted octanol–water partition coefficient (Wildman–Crippen LogP) is 3.93. The van der Waals surface area contributed by atoms with Crippen LogP contribution in [0.3, 0.4) is 0 Å². The van der Waals surface area contributed by atoms with Crippen molar-refractivity contribution in [2.75, 3.05) is 7.11 Å². The summed E-state index contributed by atoms with van der Waals surface area (Å²) in [5, 5.41) is 0. The van der Waals surface area contributed by atoms with Crippen LogP contribution in [0.5, 0.6) is 5.75 Å². The van der Waals surface area contributed by atoms with E-state index in [1.807, 2.05) is 12.1 Å². The fraction of sp³-hybridized carbons (Fsp3) is 0.667. The summed E-state index contributed by atoms with van der Waals surface area (Å²) in [6, 6.07) is 8.44. The van der Waals surface area contributed by atoms with Crippen LogP contribution in [-0.4, -0.2) is 12.6 Å². The van der Waals surface area contributed by atoms with E-state index in [4.69, 9.17) is 10.5 Å². The highest BCUT2D eigenvalue weighted by molar-refractivity contribution is 5.27. The van der Waals surface area contributed by atoms with Gasteiger partial charge in [-0.25, -0.2) is 0 Å². The molecule has 0 saturated heterocycles. The maximum atomic E-state index is 6.69. The summed E-state index contributed by atoms with van der Waals surface area (Å²) < 4.78 is 5.21. The Morgan fingerprint density at radius 3 is 2.55 bits per heavy atom. The van der Waals surface area contributed by atoms with Gasteiger partial charge in [0.25, 0.3) is 0 Å². The highest BCUT2D eigenvalue weighted by Crippen LogP contribution is 2.46. The first kappa shape index (κ1) is 13.9. The van der Waals surface area contributed by atoms with Crippen molar-refractivity contribution in [3.63, 3.8) is 0 Å². The summed E-state index contributed by atoms with van der Waals surface area (Å²) in [4.78, 5) is 0. The molecule has 1 aromatic carbocycles. The van der Waals surface area contributed by atoms with Crippen molar-refractivity contribution in [1.29, 1.82) is 0 Å². The molecule has 2 aliphatic carbocycles. The van der Waals surface area contributed by atoms with E-state index in [2.05, 4.69) is 12.1 Å². The summed E-state index contributed by atoms with van der Waals surface area (Å²) in [7, 11) is 1.71. The van der Waals surface area contributed by atoms with Gasteiger partial charge < -0.3 is 10.5 Å². The molecule has 110 valence electrons. The third-order valence-corrected chi connectivity index (χ3v) is 5.28. The molecule has 2 N–H and O–H groups in total. The fourth-order valence-electron chi connectivity index (χ4n) is 3.83. The van der Waals surface area contributed by atoms with Crippen molar-refractivity contribution in [1.82, 2.24) is 0 Å². The largest absolute Gasteiger partial charge is 0.497 e. The molecule has 3 rings (SSSR count). The van der Waals surface area contributed by atoms with Crippen LogP contribution >= 0.6 is 0 Å². The van der Waals surface area contributed by atoms with Crippen LogP contribution in [0.4, 0.5) is 0 Å². The maximum absolute atomic E-state index is 6.69. The van der Waals surface area contributed by atoms with Gasteiger partial charge in [-0.05, 0) is 68.1 Å². The molecule has 2 nitrogen and oxygen atoms in total. The minimum atomic E-state index is 0.0887. The molecule has 2 aliphatic rings. The number of aryl methyl sites for hydroxylation is 1. The van der Waals surface area contributed by atoms with Crippen molar-refractivity contribution in [3.05, 3.63) is 29.8 Å². The average Bonchev–Trinajstić information content (AvgIpc) is 3.30. The minimum absolute atomic E-state index is 0.0887. The summed E-state index contributed by atoms with van der Waals surface area (Å²) in [5.74, 6) is 2.87. The number of benzene rings is 1. The van der Waals surface area contributed by atoms with Crippen LogP contribution in [0.25, 0.3) is 0 Å². The first-order chi connectivity index (χ1) is 9.68. The van der Waals surface area contributed by atoms with Gasteiger partial charge in [0, 0.05) is 5.54 Å². The van der Waals surface area contributed by atoms with Crippen molar-refractivity contribution < 1.29 is 4.74 Å². The molecule has 0 aromatic heterocycles. The van der Waals surface area contributed by atoms with Crippen molar-refractivity contribution >= 4 is 0 Å². The third kappa shape index (κ3) is 3.35. The Balaban J connectivity index is 1.55. The first-order valence-electron chi connectivity index (χ1n) is 8.10. The smallest absolute Gasteiger partial charge is 0.118 e. The van der Waals surface area contributed by atoms with E-state index in [0.29, 0.717) is 0 Å². The van der Waals surface area contributed by atoms with Gasteiger partial charge in [0.2, 0.25) is 0 Å². The number of rotatable bonds is 5. The summed E-state index contributed by atoms with van der Waals surface area (Å²) in [5.41, 5.74) is 8.16. The zero-order chi connectivity index (χ0) is 14.0. The summed E-state index contributed by atoms with van der Waals surface area (Å²) in [6.45, 7) is 0. The van der Waals surface area contributed by atoms with Gasteiger partial charge in [-0.2, -0.15) is 0 Å². The molecule has 0 heterocycles. The predicted molar refractivity (Wildman–Crippen MR) is 82.9 cm³/mol. The van der Waals surface area contributed by atoms with Crippen LogP contribution in [0.2, 0.25) is 0 Å². The van der Waals surface area contributed by atoms with Gasteiger partial charge in [-0.1, -0.05) is 25.0 Å². The quantitative estimate of drug-likeness (QED) is 0.882. The molecule has 0 radical (unpaired) electrons. The zero-order valence-corrected chi connectivity index (χ0v) is 12.6. The topological polar surface area (TPSA) is 35.2 Å². The second-order valence-corrected chi connectivity index (χ2v) is 6.90. The molecule has 2 unspecified atom stereocenters. The van der Waals surface area contributed by atoms with E-state index in [1.54, 1.807) is 7.11 Å². The van der Waals surface area contributed by atoms with E-state index in [1.165, 1.54) is 44.1 Å². The summed E-state index contributed by atoms with van der Waals surface area (Å²) >= 11 is 0. The molecule has 0 bridgehead atoms. The molecule has 2 heteroatoms. The lowest BCUT2D eigenvalue weighted by Gasteiger charge is -2.38. The Kier molecular flexibility index (Phi) is 4.02. The molecule has 0 aliphatic heterocycles. The van der Waals surface area contributed by atoms with Gasteiger partial charge in [-0.3, -0.25) is 0 Å². The lowest BCUT2D eigenvalue weighted by Crippen LogP contribution is -2.45. The molecule has 2 fully saturated rings. The Labute approximate surface area is 122 Å². The van der Waals surface area contributed by atoms with Gasteiger partial charge in [0.15, 0.2) is 0 Å². The molecule has 0 amide bonds. The molecule has 2 atom stereocenters. The van der Waals surface area contributed by atoms with Gasteiger partial charge in [-0.15, -0.1) is 0 Å². The number of nitrogens with two attached hydrogens (primary N) is 1. The lowest BCUT2D eigenvalue weighted by atomic mass is 9.72. The Morgan fingerprint density at radius 2 is 1.90 bits per heavy atom. The molecule has 0 spiro atoms. The molecular formula is C18H27NO. The number of hydrogen-bond acceptors (Lipinski definition) is 2. The zero-order valence-electron chi connectivity index (χ0n) is 12.6. The standard InChI is InChI=1S/C18H27NO/c1-20-17-8-4-14(5-9-17)10-12-18(19)11-2-3-16(13-18)15-6-7-15/h4-5,8-9,15-16H,2-3,6-7,10-13,19H2,1H3. The Bertz CT molecular complexity index is 437. The Hall–Kier alpha value is -1.02. The first-order valence-corrected chi connectivity index (χ1v) is 8.10. The van der Waals surface area contributed by atoms with Gasteiger partial charge in [0.05, 0.1) is 7.11 Å². The second-order valence-electron chi connectivity index (χ2n) is 6.90.